The van der Waals surface area contributed by atoms with E-state index in [1.54, 1.807) is 7.11 Å². The Morgan fingerprint density at radius 2 is 2.12 bits per heavy atom. The van der Waals surface area contributed by atoms with Crippen LogP contribution >= 0.6 is 0 Å². The quantitative estimate of drug-likeness (QED) is 0.791. The van der Waals surface area contributed by atoms with Gasteiger partial charge in [0.1, 0.15) is 5.75 Å². The standard InChI is InChI=1S/C20H32N2O3/c1-15-13-22(14-18-4-3-11-25-18)10-9-19(15)21-12-20(23)16-5-7-17(24-2)8-6-16/h5-8,15,18-21,23H,3-4,9-14H2,1-2H3. The summed E-state index contributed by atoms with van der Waals surface area (Å²) in [6, 6.07) is 8.11. The molecule has 1 aromatic rings. The molecule has 2 aliphatic heterocycles. The van der Waals surface area contributed by atoms with Crippen molar-refractivity contribution >= 4 is 0 Å². The number of hydrogen-bond acceptors (Lipinski definition) is 5. The Balaban J connectivity index is 1.42. The van der Waals surface area contributed by atoms with E-state index < -0.39 is 6.10 Å². The first kappa shape index (κ1) is 18.6. The summed E-state index contributed by atoms with van der Waals surface area (Å²) in [5, 5.41) is 14.0. The largest absolute Gasteiger partial charge is 0.497 e. The fraction of sp³-hybridized carbons (Fsp3) is 0.700. The van der Waals surface area contributed by atoms with Gasteiger partial charge in [0, 0.05) is 32.3 Å². The van der Waals surface area contributed by atoms with Gasteiger partial charge in [-0.05, 0) is 49.4 Å². The van der Waals surface area contributed by atoms with Crippen LogP contribution in [0.1, 0.15) is 37.9 Å². The molecule has 25 heavy (non-hydrogen) atoms. The lowest BCUT2D eigenvalue weighted by molar-refractivity contribution is 0.0495. The predicted octanol–water partition coefficient (Wildman–Crippen LogP) is 2.21. The number of aliphatic hydroxyl groups excluding tert-OH is 1. The molecule has 3 rings (SSSR count). The maximum Gasteiger partial charge on any atom is 0.118 e. The zero-order chi connectivity index (χ0) is 17.6. The molecule has 2 N–H and O–H groups in total. The monoisotopic (exact) mass is 348 g/mol. The lowest BCUT2D eigenvalue weighted by Crippen LogP contribution is -2.50. The molecule has 0 aliphatic carbocycles. The summed E-state index contributed by atoms with van der Waals surface area (Å²) in [5.74, 6) is 1.40. The second-order valence-corrected chi connectivity index (χ2v) is 7.46. The number of piperidine rings is 1. The number of nitrogens with one attached hydrogen (secondary N) is 1. The number of methoxy groups -OCH3 is 1. The summed E-state index contributed by atoms with van der Waals surface area (Å²) in [4.78, 5) is 2.54. The number of benzene rings is 1. The molecule has 2 fully saturated rings. The van der Waals surface area contributed by atoms with Gasteiger partial charge in [-0.2, -0.15) is 0 Å². The van der Waals surface area contributed by atoms with E-state index in [1.807, 2.05) is 24.3 Å². The Hall–Kier alpha value is -1.14. The maximum absolute atomic E-state index is 10.4. The highest BCUT2D eigenvalue weighted by Crippen LogP contribution is 2.22. The highest BCUT2D eigenvalue weighted by atomic mass is 16.5. The minimum absolute atomic E-state index is 0.439. The first-order chi connectivity index (χ1) is 12.2. The van der Waals surface area contributed by atoms with Gasteiger partial charge in [0.05, 0.1) is 19.3 Å². The Kier molecular flexibility index (Phi) is 6.70. The molecule has 0 saturated carbocycles. The third-order valence-corrected chi connectivity index (χ3v) is 5.55. The van der Waals surface area contributed by atoms with Crippen molar-refractivity contribution < 1.29 is 14.6 Å². The molecule has 4 unspecified atom stereocenters. The summed E-state index contributed by atoms with van der Waals surface area (Å²) in [5.41, 5.74) is 0.928. The van der Waals surface area contributed by atoms with Crippen LogP contribution in [-0.4, -0.2) is 62.0 Å². The van der Waals surface area contributed by atoms with Crippen LogP contribution in [0.5, 0.6) is 5.75 Å². The van der Waals surface area contributed by atoms with Gasteiger partial charge in [-0.15, -0.1) is 0 Å². The number of aliphatic hydroxyl groups is 1. The van der Waals surface area contributed by atoms with Crippen LogP contribution in [0.25, 0.3) is 0 Å². The van der Waals surface area contributed by atoms with Crippen molar-refractivity contribution in [3.05, 3.63) is 29.8 Å². The van der Waals surface area contributed by atoms with E-state index in [0.717, 1.165) is 44.0 Å². The second kappa shape index (κ2) is 8.99. The first-order valence-corrected chi connectivity index (χ1v) is 9.55. The van der Waals surface area contributed by atoms with Gasteiger partial charge in [-0.1, -0.05) is 19.1 Å². The molecule has 2 aliphatic rings. The van der Waals surface area contributed by atoms with Crippen molar-refractivity contribution in [1.82, 2.24) is 10.2 Å². The van der Waals surface area contributed by atoms with Gasteiger partial charge in [0.15, 0.2) is 0 Å². The molecule has 1 aromatic carbocycles. The Labute approximate surface area is 151 Å². The number of likely N-dealkylation sites (tertiary alicyclic amines) is 1. The van der Waals surface area contributed by atoms with E-state index in [4.69, 9.17) is 9.47 Å². The number of rotatable bonds is 7. The molecule has 4 atom stereocenters. The number of hydrogen-bond donors (Lipinski definition) is 2. The molecule has 0 amide bonds. The predicted molar refractivity (Wildman–Crippen MR) is 98.9 cm³/mol. The lowest BCUT2D eigenvalue weighted by atomic mass is 9.93. The van der Waals surface area contributed by atoms with E-state index >= 15 is 0 Å². The molecule has 5 heteroatoms. The van der Waals surface area contributed by atoms with E-state index in [0.29, 0.717) is 24.6 Å². The molecular weight excluding hydrogens is 316 g/mol. The minimum Gasteiger partial charge on any atom is -0.497 e. The molecule has 0 bridgehead atoms. The summed E-state index contributed by atoms with van der Waals surface area (Å²) in [6.45, 7) is 7.12. The van der Waals surface area contributed by atoms with Crippen molar-refractivity contribution in [2.75, 3.05) is 39.9 Å². The van der Waals surface area contributed by atoms with Crippen molar-refractivity contribution in [1.29, 1.82) is 0 Å². The van der Waals surface area contributed by atoms with Crippen LogP contribution in [0.3, 0.4) is 0 Å². The van der Waals surface area contributed by atoms with Crippen LogP contribution in [0.4, 0.5) is 0 Å². The van der Waals surface area contributed by atoms with Crippen LogP contribution < -0.4 is 10.1 Å². The molecule has 0 radical (unpaired) electrons. The molecule has 5 nitrogen and oxygen atoms in total. The first-order valence-electron chi connectivity index (χ1n) is 9.55. The lowest BCUT2D eigenvalue weighted by Gasteiger charge is -2.38. The third-order valence-electron chi connectivity index (χ3n) is 5.55. The van der Waals surface area contributed by atoms with Gasteiger partial charge in [-0.25, -0.2) is 0 Å². The SMILES string of the molecule is COc1ccc(C(O)CNC2CCN(CC3CCCO3)CC2C)cc1. The van der Waals surface area contributed by atoms with Crippen LogP contribution in [-0.2, 0) is 4.74 Å². The Morgan fingerprint density at radius 3 is 2.76 bits per heavy atom. The average Bonchev–Trinajstić information content (AvgIpc) is 3.14. The van der Waals surface area contributed by atoms with Gasteiger partial charge >= 0.3 is 0 Å². The maximum atomic E-state index is 10.4. The van der Waals surface area contributed by atoms with Crippen LogP contribution in [0.2, 0.25) is 0 Å². The Morgan fingerprint density at radius 1 is 1.32 bits per heavy atom. The van der Waals surface area contributed by atoms with Gasteiger partial charge in [0.2, 0.25) is 0 Å². The van der Waals surface area contributed by atoms with E-state index in [2.05, 4.69) is 17.1 Å². The highest BCUT2D eigenvalue weighted by Gasteiger charge is 2.28. The van der Waals surface area contributed by atoms with E-state index in [1.165, 1.54) is 12.8 Å². The average molecular weight is 348 g/mol. The normalized spacial score (nSPS) is 28.8. The minimum atomic E-state index is -0.483. The van der Waals surface area contributed by atoms with Gasteiger partial charge in [0.25, 0.3) is 0 Å². The van der Waals surface area contributed by atoms with E-state index in [-0.39, 0.29) is 0 Å². The summed E-state index contributed by atoms with van der Waals surface area (Å²) >= 11 is 0. The second-order valence-electron chi connectivity index (χ2n) is 7.46. The zero-order valence-corrected chi connectivity index (χ0v) is 15.5. The van der Waals surface area contributed by atoms with Gasteiger partial charge in [-0.3, -0.25) is 0 Å². The van der Waals surface area contributed by atoms with Crippen molar-refractivity contribution in [3.8, 4) is 5.75 Å². The van der Waals surface area contributed by atoms with Crippen LogP contribution in [0, 0.1) is 5.92 Å². The summed E-state index contributed by atoms with van der Waals surface area (Å²) in [7, 11) is 1.65. The number of ether oxygens (including phenoxy) is 2. The molecule has 0 spiro atoms. The van der Waals surface area contributed by atoms with Crippen molar-refractivity contribution in [2.24, 2.45) is 5.92 Å². The van der Waals surface area contributed by atoms with Crippen LogP contribution in [0.15, 0.2) is 24.3 Å². The number of nitrogens with zero attached hydrogens (tertiary/aromatic N) is 1. The molecule has 0 aromatic heterocycles. The Bertz CT molecular complexity index is 516. The molecule has 2 saturated heterocycles. The van der Waals surface area contributed by atoms with E-state index in [9.17, 15) is 5.11 Å². The topological polar surface area (TPSA) is 54.0 Å². The molecular formula is C20H32N2O3. The fourth-order valence-electron chi connectivity index (χ4n) is 3.98. The zero-order valence-electron chi connectivity index (χ0n) is 15.5. The smallest absolute Gasteiger partial charge is 0.118 e. The third kappa shape index (κ3) is 5.17. The summed E-state index contributed by atoms with van der Waals surface area (Å²) < 4.78 is 10.9. The fourth-order valence-corrected chi connectivity index (χ4v) is 3.98. The van der Waals surface area contributed by atoms with Crippen molar-refractivity contribution in [2.45, 2.75) is 44.4 Å². The molecule has 140 valence electrons. The molecule has 2 heterocycles. The summed E-state index contributed by atoms with van der Waals surface area (Å²) in [6.07, 6.45) is 3.50. The highest BCUT2D eigenvalue weighted by molar-refractivity contribution is 5.28. The van der Waals surface area contributed by atoms with Gasteiger partial charge < -0.3 is 24.8 Å². The van der Waals surface area contributed by atoms with Crippen molar-refractivity contribution in [3.63, 3.8) is 0 Å².